The summed E-state index contributed by atoms with van der Waals surface area (Å²) in [5.74, 6) is 0.557. The van der Waals surface area contributed by atoms with Crippen molar-refractivity contribution in [2.75, 3.05) is 7.11 Å². The highest BCUT2D eigenvalue weighted by molar-refractivity contribution is 6.30. The van der Waals surface area contributed by atoms with Gasteiger partial charge in [-0.15, -0.1) is 0 Å². The van der Waals surface area contributed by atoms with Crippen molar-refractivity contribution in [1.29, 1.82) is 0 Å². The van der Waals surface area contributed by atoms with Crippen molar-refractivity contribution in [1.82, 2.24) is 0 Å². The van der Waals surface area contributed by atoms with E-state index in [0.29, 0.717) is 22.1 Å². The zero-order valence-electron chi connectivity index (χ0n) is 11.8. The minimum Gasteiger partial charge on any atom is -0.493 e. The Bertz CT molecular complexity index is 629. The molecule has 0 saturated carbocycles. The smallest absolute Gasteiger partial charge is 0.161 e. The fourth-order valence-corrected chi connectivity index (χ4v) is 2.02. The molecular formula is C16H16ClFO3. The first-order valence-corrected chi connectivity index (χ1v) is 6.81. The summed E-state index contributed by atoms with van der Waals surface area (Å²) in [5.41, 5.74) is 1.12. The highest BCUT2D eigenvalue weighted by Gasteiger charge is 2.10. The molecule has 21 heavy (non-hydrogen) atoms. The van der Waals surface area contributed by atoms with Crippen molar-refractivity contribution in [3.05, 3.63) is 58.4 Å². The third-order valence-corrected chi connectivity index (χ3v) is 3.30. The summed E-state index contributed by atoms with van der Waals surface area (Å²) in [5, 5.41) is 9.89. The largest absolute Gasteiger partial charge is 0.493 e. The van der Waals surface area contributed by atoms with Crippen molar-refractivity contribution in [2.45, 2.75) is 19.6 Å². The van der Waals surface area contributed by atoms with E-state index in [4.69, 9.17) is 21.1 Å². The van der Waals surface area contributed by atoms with Crippen molar-refractivity contribution in [2.24, 2.45) is 0 Å². The Morgan fingerprint density at radius 3 is 2.57 bits per heavy atom. The van der Waals surface area contributed by atoms with Gasteiger partial charge >= 0.3 is 0 Å². The molecule has 2 aromatic carbocycles. The fraction of sp³-hybridized carbons (Fsp3) is 0.250. The molecule has 3 nitrogen and oxygen atoms in total. The molecule has 0 amide bonds. The molecular weight excluding hydrogens is 295 g/mol. The quantitative estimate of drug-likeness (QED) is 0.903. The summed E-state index contributed by atoms with van der Waals surface area (Å²) < 4.78 is 24.5. The number of hydrogen-bond donors (Lipinski definition) is 1. The van der Waals surface area contributed by atoms with Gasteiger partial charge in [0, 0.05) is 10.6 Å². The molecule has 2 aromatic rings. The first-order valence-electron chi connectivity index (χ1n) is 6.44. The third kappa shape index (κ3) is 3.86. The van der Waals surface area contributed by atoms with E-state index < -0.39 is 11.9 Å². The zero-order chi connectivity index (χ0) is 15.4. The third-order valence-electron chi connectivity index (χ3n) is 3.07. The molecule has 0 aliphatic heterocycles. The second kappa shape index (κ2) is 6.78. The fourth-order valence-electron chi connectivity index (χ4n) is 1.86. The minimum absolute atomic E-state index is 0.0629. The topological polar surface area (TPSA) is 38.7 Å². The molecule has 0 heterocycles. The van der Waals surface area contributed by atoms with E-state index in [1.165, 1.54) is 13.2 Å². The number of benzene rings is 2. The van der Waals surface area contributed by atoms with Gasteiger partial charge < -0.3 is 14.6 Å². The van der Waals surface area contributed by atoms with E-state index in [9.17, 15) is 9.50 Å². The van der Waals surface area contributed by atoms with Gasteiger partial charge in [0.15, 0.2) is 11.5 Å². The van der Waals surface area contributed by atoms with E-state index in [-0.39, 0.29) is 6.61 Å². The average Bonchev–Trinajstić information content (AvgIpc) is 2.46. The maximum atomic E-state index is 13.7. The second-order valence-electron chi connectivity index (χ2n) is 4.61. The van der Waals surface area contributed by atoms with Crippen LogP contribution in [0, 0.1) is 5.82 Å². The number of aliphatic hydroxyl groups excluding tert-OH is 1. The summed E-state index contributed by atoms with van der Waals surface area (Å²) in [4.78, 5) is 0. The van der Waals surface area contributed by atoms with Gasteiger partial charge in [0.2, 0.25) is 0 Å². The number of methoxy groups -OCH3 is 1. The number of aliphatic hydroxyl groups is 1. The maximum absolute atomic E-state index is 13.7. The van der Waals surface area contributed by atoms with Crippen LogP contribution in [-0.2, 0) is 6.61 Å². The molecule has 112 valence electrons. The lowest BCUT2D eigenvalue weighted by molar-refractivity contribution is 0.198. The SMILES string of the molecule is COc1cc(C(C)O)ccc1OCc1ccc(Cl)cc1F. The van der Waals surface area contributed by atoms with Gasteiger partial charge in [-0.05, 0) is 36.8 Å². The summed E-state index contributed by atoms with van der Waals surface area (Å²) in [7, 11) is 1.51. The van der Waals surface area contributed by atoms with E-state index in [0.717, 1.165) is 5.56 Å². The van der Waals surface area contributed by atoms with Crippen LogP contribution in [0.4, 0.5) is 4.39 Å². The predicted molar refractivity (Wildman–Crippen MR) is 79.4 cm³/mol. The Morgan fingerprint density at radius 2 is 1.95 bits per heavy atom. The molecule has 0 aromatic heterocycles. The van der Waals surface area contributed by atoms with Crippen LogP contribution in [0.5, 0.6) is 11.5 Å². The Balaban J connectivity index is 2.16. The highest BCUT2D eigenvalue weighted by atomic mass is 35.5. The molecule has 0 fully saturated rings. The van der Waals surface area contributed by atoms with Gasteiger partial charge in [-0.1, -0.05) is 23.7 Å². The Kier molecular flexibility index (Phi) is 5.04. The number of rotatable bonds is 5. The van der Waals surface area contributed by atoms with Gasteiger partial charge in [-0.2, -0.15) is 0 Å². The van der Waals surface area contributed by atoms with E-state index in [1.807, 2.05) is 0 Å². The lowest BCUT2D eigenvalue weighted by Crippen LogP contribution is -2.01. The van der Waals surface area contributed by atoms with Crippen LogP contribution in [-0.4, -0.2) is 12.2 Å². The summed E-state index contributed by atoms with van der Waals surface area (Å²) >= 11 is 5.70. The van der Waals surface area contributed by atoms with Gasteiger partial charge in [-0.25, -0.2) is 4.39 Å². The van der Waals surface area contributed by atoms with Crippen LogP contribution in [0.3, 0.4) is 0 Å². The maximum Gasteiger partial charge on any atom is 0.161 e. The van der Waals surface area contributed by atoms with Crippen LogP contribution in [0.25, 0.3) is 0 Å². The lowest BCUT2D eigenvalue weighted by Gasteiger charge is -2.13. The van der Waals surface area contributed by atoms with Gasteiger partial charge in [-0.3, -0.25) is 0 Å². The number of halogens is 2. The summed E-state index contributed by atoms with van der Waals surface area (Å²) in [6.45, 7) is 1.73. The monoisotopic (exact) mass is 310 g/mol. The van der Waals surface area contributed by atoms with Crippen molar-refractivity contribution in [3.63, 3.8) is 0 Å². The molecule has 5 heteroatoms. The van der Waals surface area contributed by atoms with E-state index >= 15 is 0 Å². The molecule has 1 N–H and O–H groups in total. The zero-order valence-corrected chi connectivity index (χ0v) is 12.5. The molecule has 0 radical (unpaired) electrons. The second-order valence-corrected chi connectivity index (χ2v) is 5.05. The molecule has 0 aliphatic carbocycles. The Labute approximate surface area is 127 Å². The molecule has 0 bridgehead atoms. The van der Waals surface area contributed by atoms with E-state index in [2.05, 4.69) is 0 Å². The van der Waals surface area contributed by atoms with Crippen LogP contribution >= 0.6 is 11.6 Å². The molecule has 0 saturated heterocycles. The predicted octanol–water partition coefficient (Wildman–Crippen LogP) is 4.12. The lowest BCUT2D eigenvalue weighted by atomic mass is 10.1. The van der Waals surface area contributed by atoms with Gasteiger partial charge in [0.25, 0.3) is 0 Å². The van der Waals surface area contributed by atoms with Crippen molar-refractivity contribution in [3.8, 4) is 11.5 Å². The van der Waals surface area contributed by atoms with Gasteiger partial charge in [0.05, 0.1) is 13.2 Å². The average molecular weight is 311 g/mol. The molecule has 1 atom stereocenters. The standard InChI is InChI=1S/C16H16ClFO3/c1-10(19)11-4-6-15(16(7-11)20-2)21-9-12-3-5-13(17)8-14(12)18/h3-8,10,19H,9H2,1-2H3. The number of hydrogen-bond acceptors (Lipinski definition) is 3. The Hall–Kier alpha value is -1.78. The van der Waals surface area contributed by atoms with Crippen LogP contribution in [0.15, 0.2) is 36.4 Å². The summed E-state index contributed by atoms with van der Waals surface area (Å²) in [6.07, 6.45) is -0.596. The highest BCUT2D eigenvalue weighted by Crippen LogP contribution is 2.31. The normalized spacial score (nSPS) is 12.0. The molecule has 0 spiro atoms. The van der Waals surface area contributed by atoms with Crippen molar-refractivity contribution >= 4 is 11.6 Å². The molecule has 0 aliphatic rings. The van der Waals surface area contributed by atoms with Crippen LogP contribution in [0.1, 0.15) is 24.2 Å². The molecule has 1 unspecified atom stereocenters. The number of ether oxygens (including phenoxy) is 2. The first kappa shape index (κ1) is 15.6. The summed E-state index contributed by atoms with van der Waals surface area (Å²) in [6, 6.07) is 9.55. The van der Waals surface area contributed by atoms with E-state index in [1.54, 1.807) is 37.3 Å². The first-order chi connectivity index (χ1) is 10.0. The molecule has 2 rings (SSSR count). The minimum atomic E-state index is -0.596. The van der Waals surface area contributed by atoms with Crippen molar-refractivity contribution < 1.29 is 19.0 Å². The Morgan fingerprint density at radius 1 is 1.19 bits per heavy atom. The van der Waals surface area contributed by atoms with Crippen LogP contribution in [0.2, 0.25) is 5.02 Å². The van der Waals surface area contributed by atoms with Crippen LogP contribution < -0.4 is 9.47 Å². The van der Waals surface area contributed by atoms with Gasteiger partial charge in [0.1, 0.15) is 12.4 Å².